The highest BCUT2D eigenvalue weighted by Gasteiger charge is 2.23. The summed E-state index contributed by atoms with van der Waals surface area (Å²) in [5.41, 5.74) is 2.08. The minimum Gasteiger partial charge on any atom is -0.356 e. The second-order valence-electron chi connectivity index (χ2n) is 6.07. The largest absolute Gasteiger partial charge is 0.356 e. The lowest BCUT2D eigenvalue weighted by molar-refractivity contribution is 0.503. The molecule has 0 amide bonds. The SMILES string of the molecule is Cn1cc(C2CCN(c3ncnc4ccc(F)cc34)CC2)cn1. The van der Waals surface area contributed by atoms with E-state index in [2.05, 4.69) is 26.2 Å². The molecule has 5 nitrogen and oxygen atoms in total. The molecule has 0 aliphatic carbocycles. The van der Waals surface area contributed by atoms with E-state index in [1.807, 2.05) is 17.9 Å². The van der Waals surface area contributed by atoms with Gasteiger partial charge in [-0.1, -0.05) is 0 Å². The van der Waals surface area contributed by atoms with E-state index in [1.54, 1.807) is 12.4 Å². The summed E-state index contributed by atoms with van der Waals surface area (Å²) in [7, 11) is 1.94. The number of aryl methyl sites for hydroxylation is 1. The Morgan fingerprint density at radius 2 is 2.00 bits per heavy atom. The zero-order valence-electron chi connectivity index (χ0n) is 13.0. The molecular weight excluding hydrogens is 293 g/mol. The van der Waals surface area contributed by atoms with Crippen LogP contribution >= 0.6 is 0 Å². The van der Waals surface area contributed by atoms with Crippen LogP contribution in [0.1, 0.15) is 24.3 Å². The van der Waals surface area contributed by atoms with Gasteiger partial charge >= 0.3 is 0 Å². The van der Waals surface area contributed by atoms with Crippen LogP contribution < -0.4 is 4.90 Å². The normalized spacial score (nSPS) is 16.2. The van der Waals surface area contributed by atoms with Crippen LogP contribution in [0.2, 0.25) is 0 Å². The van der Waals surface area contributed by atoms with Crippen LogP contribution in [0.5, 0.6) is 0 Å². The molecule has 0 unspecified atom stereocenters. The fourth-order valence-electron chi connectivity index (χ4n) is 3.34. The van der Waals surface area contributed by atoms with Crippen LogP contribution in [0.15, 0.2) is 36.9 Å². The topological polar surface area (TPSA) is 46.8 Å². The highest BCUT2D eigenvalue weighted by Crippen LogP contribution is 2.32. The highest BCUT2D eigenvalue weighted by molar-refractivity contribution is 5.89. The van der Waals surface area contributed by atoms with E-state index >= 15 is 0 Å². The van der Waals surface area contributed by atoms with E-state index < -0.39 is 0 Å². The van der Waals surface area contributed by atoms with Gasteiger partial charge in [-0.05, 0) is 42.5 Å². The van der Waals surface area contributed by atoms with Crippen molar-refractivity contribution in [1.82, 2.24) is 19.7 Å². The minimum absolute atomic E-state index is 0.251. The van der Waals surface area contributed by atoms with Crippen LogP contribution in [0.3, 0.4) is 0 Å². The van der Waals surface area contributed by atoms with E-state index in [4.69, 9.17) is 0 Å². The zero-order valence-corrected chi connectivity index (χ0v) is 13.0. The molecule has 1 aromatic carbocycles. The van der Waals surface area contributed by atoms with Crippen molar-refractivity contribution in [2.45, 2.75) is 18.8 Å². The Hall–Kier alpha value is -2.50. The summed E-state index contributed by atoms with van der Waals surface area (Å²) < 4.78 is 15.4. The van der Waals surface area contributed by atoms with Crippen LogP contribution in [0.4, 0.5) is 10.2 Å². The highest BCUT2D eigenvalue weighted by atomic mass is 19.1. The number of hydrogen-bond acceptors (Lipinski definition) is 4. The van der Waals surface area contributed by atoms with Gasteiger partial charge in [0, 0.05) is 31.7 Å². The quantitative estimate of drug-likeness (QED) is 0.730. The van der Waals surface area contributed by atoms with Crippen LogP contribution in [-0.4, -0.2) is 32.8 Å². The number of halogens is 1. The first-order chi connectivity index (χ1) is 11.2. The van der Waals surface area contributed by atoms with Gasteiger partial charge < -0.3 is 4.90 Å². The van der Waals surface area contributed by atoms with Crippen molar-refractivity contribution in [1.29, 1.82) is 0 Å². The first-order valence-electron chi connectivity index (χ1n) is 7.84. The minimum atomic E-state index is -0.251. The molecule has 1 aliphatic heterocycles. The van der Waals surface area contributed by atoms with Gasteiger partial charge in [-0.25, -0.2) is 14.4 Å². The summed E-state index contributed by atoms with van der Waals surface area (Å²) in [5, 5.41) is 5.04. The average Bonchev–Trinajstić information content (AvgIpc) is 3.01. The van der Waals surface area contributed by atoms with Gasteiger partial charge in [0.2, 0.25) is 0 Å². The summed E-state index contributed by atoms with van der Waals surface area (Å²) in [6.45, 7) is 1.81. The van der Waals surface area contributed by atoms with Gasteiger partial charge in [-0.2, -0.15) is 5.10 Å². The maximum atomic E-state index is 13.6. The van der Waals surface area contributed by atoms with Gasteiger partial charge in [-0.15, -0.1) is 0 Å². The molecule has 0 saturated carbocycles. The summed E-state index contributed by atoms with van der Waals surface area (Å²) in [4.78, 5) is 10.9. The maximum absolute atomic E-state index is 13.6. The Morgan fingerprint density at radius 3 is 2.74 bits per heavy atom. The molecule has 23 heavy (non-hydrogen) atoms. The Labute approximate surface area is 133 Å². The average molecular weight is 311 g/mol. The maximum Gasteiger partial charge on any atom is 0.139 e. The lowest BCUT2D eigenvalue weighted by atomic mass is 9.91. The Morgan fingerprint density at radius 1 is 1.17 bits per heavy atom. The van der Waals surface area contributed by atoms with Crippen molar-refractivity contribution in [3.05, 3.63) is 48.3 Å². The van der Waals surface area contributed by atoms with Crippen LogP contribution in [-0.2, 0) is 7.05 Å². The number of fused-ring (bicyclic) bond motifs is 1. The fraction of sp³-hybridized carbons (Fsp3) is 0.353. The predicted molar refractivity (Wildman–Crippen MR) is 86.9 cm³/mol. The number of hydrogen-bond donors (Lipinski definition) is 0. The number of aromatic nitrogens is 4. The standard InChI is InChI=1S/C17H18FN5/c1-22-10-13(9-21-22)12-4-6-23(7-5-12)17-15-8-14(18)2-3-16(15)19-11-20-17/h2-3,8-12H,4-7H2,1H3. The summed E-state index contributed by atoms with van der Waals surface area (Å²) in [6, 6.07) is 4.67. The van der Waals surface area contributed by atoms with E-state index in [0.717, 1.165) is 42.7 Å². The van der Waals surface area contributed by atoms with Crippen LogP contribution in [0, 0.1) is 5.82 Å². The molecule has 118 valence electrons. The summed E-state index contributed by atoms with van der Waals surface area (Å²) in [6.07, 6.45) is 7.70. The van der Waals surface area contributed by atoms with Crippen LogP contribution in [0.25, 0.3) is 10.9 Å². The molecule has 1 fully saturated rings. The lowest BCUT2D eigenvalue weighted by Gasteiger charge is -2.32. The third-order valence-corrected chi connectivity index (χ3v) is 4.57. The molecule has 0 bridgehead atoms. The van der Waals surface area contributed by atoms with Gasteiger partial charge in [0.25, 0.3) is 0 Å². The molecule has 1 aliphatic rings. The molecule has 2 aromatic heterocycles. The number of nitrogens with zero attached hydrogens (tertiary/aromatic N) is 5. The smallest absolute Gasteiger partial charge is 0.139 e. The third kappa shape index (κ3) is 2.65. The van der Waals surface area contributed by atoms with Crippen molar-refractivity contribution < 1.29 is 4.39 Å². The van der Waals surface area contributed by atoms with E-state index in [9.17, 15) is 4.39 Å². The van der Waals surface area contributed by atoms with Gasteiger partial charge in [-0.3, -0.25) is 4.68 Å². The number of piperidine rings is 1. The van der Waals surface area contributed by atoms with E-state index in [0.29, 0.717) is 5.92 Å². The molecule has 3 aromatic rings. The molecule has 1 saturated heterocycles. The van der Waals surface area contributed by atoms with Crippen molar-refractivity contribution in [3.8, 4) is 0 Å². The zero-order chi connectivity index (χ0) is 15.8. The molecule has 0 spiro atoms. The Kier molecular flexibility index (Phi) is 3.44. The molecule has 6 heteroatoms. The first-order valence-corrected chi connectivity index (χ1v) is 7.84. The van der Waals surface area contributed by atoms with Gasteiger partial charge in [0.1, 0.15) is 18.0 Å². The van der Waals surface area contributed by atoms with Gasteiger partial charge in [0.15, 0.2) is 0 Å². The second kappa shape index (κ2) is 5.61. The van der Waals surface area contributed by atoms with E-state index in [-0.39, 0.29) is 5.82 Å². The molecule has 0 radical (unpaired) electrons. The lowest BCUT2D eigenvalue weighted by Crippen LogP contribution is -2.33. The van der Waals surface area contributed by atoms with E-state index in [1.165, 1.54) is 17.7 Å². The molecular formula is C17H18FN5. The third-order valence-electron chi connectivity index (χ3n) is 4.57. The first kappa shape index (κ1) is 14.1. The monoisotopic (exact) mass is 311 g/mol. The van der Waals surface area contributed by atoms with Crippen molar-refractivity contribution in [3.63, 3.8) is 0 Å². The Balaban J connectivity index is 1.58. The Bertz CT molecular complexity index is 836. The molecule has 4 rings (SSSR count). The predicted octanol–water partition coefficient (Wildman–Crippen LogP) is 2.89. The number of anilines is 1. The van der Waals surface area contributed by atoms with Gasteiger partial charge in [0.05, 0.1) is 11.7 Å². The summed E-state index contributed by atoms with van der Waals surface area (Å²) in [5.74, 6) is 1.11. The van der Waals surface area contributed by atoms with Crippen molar-refractivity contribution in [2.24, 2.45) is 7.05 Å². The summed E-state index contributed by atoms with van der Waals surface area (Å²) >= 11 is 0. The van der Waals surface area contributed by atoms with Crippen molar-refractivity contribution in [2.75, 3.05) is 18.0 Å². The van der Waals surface area contributed by atoms with Crippen molar-refractivity contribution >= 4 is 16.7 Å². The number of rotatable bonds is 2. The molecule has 0 N–H and O–H groups in total. The second-order valence-corrected chi connectivity index (χ2v) is 6.07. The number of benzene rings is 1. The molecule has 3 heterocycles. The molecule has 0 atom stereocenters. The fourth-order valence-corrected chi connectivity index (χ4v) is 3.34.